The number of aryl methyl sites for hydroxylation is 1. The molecule has 3 nitrogen and oxygen atoms in total. The summed E-state index contributed by atoms with van der Waals surface area (Å²) in [7, 11) is 0. The second-order valence-corrected chi connectivity index (χ2v) is 4.29. The summed E-state index contributed by atoms with van der Waals surface area (Å²) in [5.74, 6) is 1.07. The van der Waals surface area contributed by atoms with Crippen LogP contribution in [-0.4, -0.2) is 16.2 Å². The predicted octanol–water partition coefficient (Wildman–Crippen LogP) is 2.33. The van der Waals surface area contributed by atoms with Crippen molar-refractivity contribution >= 4 is 0 Å². The molecule has 1 aromatic carbocycles. The maximum atomic E-state index is 12.8. The smallest absolute Gasteiger partial charge is 0.226 e. The standard InChI is InChI=1S/C13H12FNO2/c14-9-3-1-8(2-4-9)13-15-11-7-10(16)5-6-12(11)17-13/h1-4,10,16H,5-7H2. The number of fused-ring (bicyclic) bond motifs is 1. The van der Waals surface area contributed by atoms with Crippen molar-refractivity contribution in [2.45, 2.75) is 25.4 Å². The number of halogens is 1. The normalized spacial score (nSPS) is 19.1. The van der Waals surface area contributed by atoms with Crippen molar-refractivity contribution in [3.63, 3.8) is 0 Å². The number of benzene rings is 1. The van der Waals surface area contributed by atoms with Crippen LogP contribution < -0.4 is 0 Å². The first-order valence-electron chi connectivity index (χ1n) is 5.65. The molecule has 0 bridgehead atoms. The van der Waals surface area contributed by atoms with E-state index in [1.807, 2.05) is 0 Å². The minimum absolute atomic E-state index is 0.277. The lowest BCUT2D eigenvalue weighted by Gasteiger charge is -2.13. The molecule has 1 atom stereocenters. The van der Waals surface area contributed by atoms with Crippen LogP contribution in [0.1, 0.15) is 17.9 Å². The molecule has 0 amide bonds. The Kier molecular flexibility index (Phi) is 2.44. The van der Waals surface area contributed by atoms with Gasteiger partial charge >= 0.3 is 0 Å². The second-order valence-electron chi connectivity index (χ2n) is 4.29. The minimum atomic E-state index is -0.325. The highest BCUT2D eigenvalue weighted by molar-refractivity contribution is 5.53. The fraction of sp³-hybridized carbons (Fsp3) is 0.308. The third-order valence-electron chi connectivity index (χ3n) is 3.00. The summed E-state index contributed by atoms with van der Waals surface area (Å²) in [6.45, 7) is 0. The first-order valence-corrected chi connectivity index (χ1v) is 5.65. The molecule has 0 spiro atoms. The van der Waals surface area contributed by atoms with Gasteiger partial charge < -0.3 is 9.52 Å². The van der Waals surface area contributed by atoms with Crippen LogP contribution in [0.3, 0.4) is 0 Å². The van der Waals surface area contributed by atoms with E-state index in [9.17, 15) is 9.50 Å². The average molecular weight is 233 g/mol. The van der Waals surface area contributed by atoms with E-state index in [1.54, 1.807) is 12.1 Å². The van der Waals surface area contributed by atoms with Gasteiger partial charge in [-0.3, -0.25) is 0 Å². The molecule has 4 heteroatoms. The Morgan fingerprint density at radius 2 is 2.06 bits per heavy atom. The molecule has 0 fully saturated rings. The molecule has 0 aliphatic heterocycles. The van der Waals surface area contributed by atoms with Gasteiger partial charge in [0.25, 0.3) is 0 Å². The van der Waals surface area contributed by atoms with Crippen LogP contribution in [0.25, 0.3) is 11.5 Å². The number of hydrogen-bond donors (Lipinski definition) is 1. The van der Waals surface area contributed by atoms with Crippen molar-refractivity contribution in [3.8, 4) is 11.5 Å². The molecule has 1 aliphatic carbocycles. The quantitative estimate of drug-likeness (QED) is 0.822. The first kappa shape index (κ1) is 10.5. The molecule has 0 saturated carbocycles. The number of aliphatic hydroxyl groups is 1. The summed E-state index contributed by atoms with van der Waals surface area (Å²) in [5, 5.41) is 9.54. The van der Waals surface area contributed by atoms with Crippen LogP contribution in [0.4, 0.5) is 4.39 Å². The summed E-state index contributed by atoms with van der Waals surface area (Å²) in [6, 6.07) is 6.05. The number of oxazole rings is 1. The van der Waals surface area contributed by atoms with Crippen molar-refractivity contribution in [3.05, 3.63) is 41.5 Å². The second kappa shape index (κ2) is 3.96. The Morgan fingerprint density at radius 1 is 1.29 bits per heavy atom. The maximum Gasteiger partial charge on any atom is 0.226 e. The zero-order valence-corrected chi connectivity index (χ0v) is 9.19. The van der Waals surface area contributed by atoms with Crippen molar-refractivity contribution in [2.24, 2.45) is 0 Å². The van der Waals surface area contributed by atoms with Gasteiger partial charge in [0.15, 0.2) is 0 Å². The zero-order valence-electron chi connectivity index (χ0n) is 9.19. The number of hydrogen-bond acceptors (Lipinski definition) is 3. The molecule has 2 aromatic rings. The zero-order chi connectivity index (χ0) is 11.8. The van der Waals surface area contributed by atoms with Gasteiger partial charge in [-0.05, 0) is 30.7 Å². The van der Waals surface area contributed by atoms with E-state index in [2.05, 4.69) is 4.98 Å². The van der Waals surface area contributed by atoms with Crippen molar-refractivity contribution in [1.29, 1.82) is 0 Å². The van der Waals surface area contributed by atoms with E-state index in [0.717, 1.165) is 17.0 Å². The average Bonchev–Trinajstić information content (AvgIpc) is 2.72. The first-order chi connectivity index (χ1) is 8.22. The number of nitrogens with zero attached hydrogens (tertiary/aromatic N) is 1. The number of aromatic nitrogens is 1. The van der Waals surface area contributed by atoms with Crippen LogP contribution in [0.2, 0.25) is 0 Å². The van der Waals surface area contributed by atoms with Gasteiger partial charge in [0.1, 0.15) is 11.6 Å². The van der Waals surface area contributed by atoms with Crippen LogP contribution in [0.15, 0.2) is 28.7 Å². The third-order valence-corrected chi connectivity index (χ3v) is 3.00. The molecule has 88 valence electrons. The Morgan fingerprint density at radius 3 is 2.82 bits per heavy atom. The topological polar surface area (TPSA) is 46.3 Å². The fourth-order valence-corrected chi connectivity index (χ4v) is 2.08. The molecule has 1 aliphatic rings. The minimum Gasteiger partial charge on any atom is -0.441 e. The van der Waals surface area contributed by atoms with E-state index in [1.165, 1.54) is 12.1 Å². The summed E-state index contributed by atoms with van der Waals surface area (Å²) in [5.41, 5.74) is 1.58. The van der Waals surface area contributed by atoms with Gasteiger partial charge in [-0.25, -0.2) is 9.37 Å². The monoisotopic (exact) mass is 233 g/mol. The molecule has 3 rings (SSSR count). The molecule has 1 unspecified atom stereocenters. The van der Waals surface area contributed by atoms with Crippen molar-refractivity contribution < 1.29 is 13.9 Å². The molecular formula is C13H12FNO2. The molecular weight excluding hydrogens is 221 g/mol. The summed E-state index contributed by atoms with van der Waals surface area (Å²) < 4.78 is 18.4. The van der Waals surface area contributed by atoms with Gasteiger partial charge in [0, 0.05) is 18.4 Å². The van der Waals surface area contributed by atoms with E-state index < -0.39 is 0 Å². The number of rotatable bonds is 1. The molecule has 0 radical (unpaired) electrons. The third kappa shape index (κ3) is 1.96. The van der Waals surface area contributed by atoms with Crippen LogP contribution in [0.5, 0.6) is 0 Å². The van der Waals surface area contributed by atoms with Gasteiger partial charge in [-0.1, -0.05) is 0 Å². The van der Waals surface area contributed by atoms with Crippen molar-refractivity contribution in [1.82, 2.24) is 4.98 Å². The fourth-order valence-electron chi connectivity index (χ4n) is 2.08. The molecule has 1 N–H and O–H groups in total. The summed E-state index contributed by atoms with van der Waals surface area (Å²) in [4.78, 5) is 4.35. The SMILES string of the molecule is OC1CCc2oc(-c3ccc(F)cc3)nc2C1. The molecule has 0 saturated heterocycles. The largest absolute Gasteiger partial charge is 0.441 e. The lowest BCUT2D eigenvalue weighted by atomic mass is 9.99. The van der Waals surface area contributed by atoms with Crippen molar-refractivity contribution in [2.75, 3.05) is 0 Å². The summed E-state index contributed by atoms with van der Waals surface area (Å²) >= 11 is 0. The van der Waals surface area contributed by atoms with E-state index in [0.29, 0.717) is 25.2 Å². The van der Waals surface area contributed by atoms with Gasteiger partial charge in [0.05, 0.1) is 11.8 Å². The Labute approximate surface area is 97.9 Å². The lowest BCUT2D eigenvalue weighted by Crippen LogP contribution is -2.17. The van der Waals surface area contributed by atoms with Crippen LogP contribution in [0, 0.1) is 5.82 Å². The number of aliphatic hydroxyl groups excluding tert-OH is 1. The molecule has 1 aromatic heterocycles. The Bertz CT molecular complexity index is 533. The highest BCUT2D eigenvalue weighted by Crippen LogP contribution is 2.27. The Balaban J connectivity index is 1.97. The van der Waals surface area contributed by atoms with Crippen LogP contribution >= 0.6 is 0 Å². The highest BCUT2D eigenvalue weighted by Gasteiger charge is 2.22. The maximum absolute atomic E-state index is 12.8. The lowest BCUT2D eigenvalue weighted by molar-refractivity contribution is 0.153. The van der Waals surface area contributed by atoms with Gasteiger partial charge in [-0.2, -0.15) is 0 Å². The molecule has 17 heavy (non-hydrogen) atoms. The van der Waals surface area contributed by atoms with Gasteiger partial charge in [-0.15, -0.1) is 0 Å². The van der Waals surface area contributed by atoms with Crippen LogP contribution in [-0.2, 0) is 12.8 Å². The highest BCUT2D eigenvalue weighted by atomic mass is 19.1. The Hall–Kier alpha value is -1.68. The van der Waals surface area contributed by atoms with E-state index in [4.69, 9.17) is 4.42 Å². The van der Waals surface area contributed by atoms with E-state index >= 15 is 0 Å². The predicted molar refractivity (Wildman–Crippen MR) is 59.9 cm³/mol. The summed E-state index contributed by atoms with van der Waals surface area (Å²) in [6.07, 6.45) is 1.64. The van der Waals surface area contributed by atoms with E-state index in [-0.39, 0.29) is 11.9 Å². The molecule has 1 heterocycles. The van der Waals surface area contributed by atoms with Gasteiger partial charge in [0.2, 0.25) is 5.89 Å².